The Morgan fingerprint density at radius 1 is 1.00 bits per heavy atom. The van der Waals surface area contributed by atoms with Crippen LogP contribution in [0.15, 0.2) is 46.9 Å². The van der Waals surface area contributed by atoms with Crippen LogP contribution in [-0.2, 0) is 4.79 Å². The quantitative estimate of drug-likeness (QED) is 0.533. The molecule has 1 aliphatic heterocycles. The minimum absolute atomic E-state index is 0.481. The number of amides is 1. The number of rotatable bonds is 4. The SMILES string of the molecule is O=C(Nc1cc(N2CCN(c3ccc(Br)cc3)CC2)ccc1[N+](=O)[O-])C(F)(F)F. The topological polar surface area (TPSA) is 78.7 Å². The van der Waals surface area contributed by atoms with Gasteiger partial charge in [-0.25, -0.2) is 0 Å². The Morgan fingerprint density at radius 3 is 2.03 bits per heavy atom. The molecule has 0 spiro atoms. The lowest BCUT2D eigenvalue weighted by atomic mass is 10.2. The molecule has 1 heterocycles. The summed E-state index contributed by atoms with van der Waals surface area (Å²) in [4.78, 5) is 25.6. The van der Waals surface area contributed by atoms with E-state index in [0.29, 0.717) is 31.9 Å². The van der Waals surface area contributed by atoms with Gasteiger partial charge in [-0.15, -0.1) is 0 Å². The largest absolute Gasteiger partial charge is 0.471 e. The molecule has 0 atom stereocenters. The molecule has 1 amide bonds. The molecule has 3 rings (SSSR count). The maximum atomic E-state index is 12.6. The highest BCUT2D eigenvalue weighted by molar-refractivity contribution is 9.10. The van der Waals surface area contributed by atoms with E-state index in [1.54, 1.807) is 5.32 Å². The lowest BCUT2D eigenvalue weighted by Gasteiger charge is -2.37. The summed E-state index contributed by atoms with van der Waals surface area (Å²) in [5, 5.41) is 12.7. The lowest BCUT2D eigenvalue weighted by Crippen LogP contribution is -2.46. The number of nitro groups is 1. The van der Waals surface area contributed by atoms with Crippen molar-refractivity contribution < 1.29 is 22.9 Å². The molecule has 1 aliphatic rings. The molecule has 11 heteroatoms. The maximum absolute atomic E-state index is 12.6. The number of piperazine rings is 1. The molecule has 0 unspecified atom stereocenters. The summed E-state index contributed by atoms with van der Waals surface area (Å²) >= 11 is 3.39. The van der Waals surface area contributed by atoms with E-state index in [0.717, 1.165) is 16.2 Å². The number of carbonyl (C=O) groups is 1. The van der Waals surface area contributed by atoms with Crippen LogP contribution < -0.4 is 15.1 Å². The number of nitro benzene ring substituents is 1. The van der Waals surface area contributed by atoms with Gasteiger partial charge in [0.2, 0.25) is 0 Å². The highest BCUT2D eigenvalue weighted by atomic mass is 79.9. The van der Waals surface area contributed by atoms with E-state index in [1.807, 2.05) is 29.2 Å². The Morgan fingerprint density at radius 2 is 1.52 bits per heavy atom. The predicted molar refractivity (Wildman–Crippen MR) is 106 cm³/mol. The third-order valence-corrected chi connectivity index (χ3v) is 5.05. The van der Waals surface area contributed by atoms with Crippen LogP contribution in [0.3, 0.4) is 0 Å². The number of hydrogen-bond acceptors (Lipinski definition) is 5. The maximum Gasteiger partial charge on any atom is 0.471 e. The number of benzene rings is 2. The fourth-order valence-corrected chi connectivity index (χ4v) is 3.31. The number of nitrogens with zero attached hydrogens (tertiary/aromatic N) is 3. The smallest absolute Gasteiger partial charge is 0.368 e. The monoisotopic (exact) mass is 472 g/mol. The van der Waals surface area contributed by atoms with Crippen LogP contribution in [0.4, 0.5) is 35.9 Å². The normalized spacial score (nSPS) is 14.6. The molecule has 29 heavy (non-hydrogen) atoms. The first-order valence-corrected chi connectivity index (χ1v) is 9.36. The number of halogens is 4. The van der Waals surface area contributed by atoms with Crippen molar-refractivity contribution in [2.45, 2.75) is 6.18 Å². The lowest BCUT2D eigenvalue weighted by molar-refractivity contribution is -0.383. The van der Waals surface area contributed by atoms with Gasteiger partial charge in [-0.3, -0.25) is 14.9 Å². The molecule has 0 radical (unpaired) electrons. The van der Waals surface area contributed by atoms with Gasteiger partial charge >= 0.3 is 12.1 Å². The van der Waals surface area contributed by atoms with Crippen molar-refractivity contribution in [3.63, 3.8) is 0 Å². The number of nitrogens with one attached hydrogen (secondary N) is 1. The summed E-state index contributed by atoms with van der Waals surface area (Å²) in [6.45, 7) is 2.48. The Labute approximate surface area is 172 Å². The zero-order valence-corrected chi connectivity index (χ0v) is 16.5. The van der Waals surface area contributed by atoms with Crippen molar-refractivity contribution in [2.24, 2.45) is 0 Å². The molecule has 7 nitrogen and oxygen atoms in total. The number of alkyl halides is 3. The van der Waals surface area contributed by atoms with Crippen molar-refractivity contribution in [1.29, 1.82) is 0 Å². The predicted octanol–water partition coefficient (Wildman–Crippen LogP) is 4.18. The molecule has 0 saturated carbocycles. The van der Waals surface area contributed by atoms with Crippen molar-refractivity contribution in [3.8, 4) is 0 Å². The van der Waals surface area contributed by atoms with Crippen molar-refractivity contribution in [3.05, 3.63) is 57.1 Å². The summed E-state index contributed by atoms with van der Waals surface area (Å²) in [7, 11) is 0. The fraction of sp³-hybridized carbons (Fsp3) is 0.278. The Kier molecular flexibility index (Phi) is 5.96. The van der Waals surface area contributed by atoms with Crippen molar-refractivity contribution in [1.82, 2.24) is 0 Å². The Bertz CT molecular complexity index is 914. The van der Waals surface area contributed by atoms with Crippen LogP contribution in [0.1, 0.15) is 0 Å². The second-order valence-corrected chi connectivity index (χ2v) is 7.28. The molecule has 2 aromatic rings. The average molecular weight is 473 g/mol. The van der Waals surface area contributed by atoms with Crippen molar-refractivity contribution >= 4 is 44.6 Å². The summed E-state index contributed by atoms with van der Waals surface area (Å²) in [5.74, 6) is -2.25. The number of carbonyl (C=O) groups excluding carboxylic acids is 1. The highest BCUT2D eigenvalue weighted by Gasteiger charge is 2.39. The summed E-state index contributed by atoms with van der Waals surface area (Å²) in [6.07, 6.45) is -5.14. The zero-order chi connectivity index (χ0) is 21.2. The zero-order valence-electron chi connectivity index (χ0n) is 14.9. The molecule has 2 aromatic carbocycles. The molecule has 1 saturated heterocycles. The van der Waals surface area contributed by atoms with Gasteiger partial charge < -0.3 is 15.1 Å². The van der Waals surface area contributed by atoms with E-state index in [2.05, 4.69) is 20.8 Å². The third-order valence-electron chi connectivity index (χ3n) is 4.52. The Balaban J connectivity index is 1.75. The molecular weight excluding hydrogens is 457 g/mol. The van der Waals surface area contributed by atoms with E-state index in [-0.39, 0.29) is 0 Å². The number of anilines is 3. The van der Waals surface area contributed by atoms with Crippen LogP contribution in [0.25, 0.3) is 0 Å². The van der Waals surface area contributed by atoms with E-state index in [4.69, 9.17) is 0 Å². The first-order valence-electron chi connectivity index (χ1n) is 8.57. The van der Waals surface area contributed by atoms with E-state index >= 15 is 0 Å². The first-order chi connectivity index (χ1) is 13.6. The van der Waals surface area contributed by atoms with E-state index in [9.17, 15) is 28.1 Å². The molecular formula is C18H16BrF3N4O3. The first kappa shape index (κ1) is 20.9. The standard InChI is InChI=1S/C18H16BrF3N4O3/c19-12-1-3-13(4-2-12)24-7-9-25(10-8-24)14-5-6-16(26(28)29)15(11-14)23-17(27)18(20,21)22/h1-6,11H,7-10H2,(H,23,27). The molecule has 0 bridgehead atoms. The third kappa shape index (κ3) is 4.97. The van der Waals surface area contributed by atoms with Gasteiger partial charge in [0.05, 0.1) is 4.92 Å². The van der Waals surface area contributed by atoms with Gasteiger partial charge in [-0.2, -0.15) is 13.2 Å². The highest BCUT2D eigenvalue weighted by Crippen LogP contribution is 2.32. The minimum Gasteiger partial charge on any atom is -0.368 e. The summed E-state index contributed by atoms with van der Waals surface area (Å²) < 4.78 is 38.6. The number of hydrogen-bond donors (Lipinski definition) is 1. The molecule has 1 fully saturated rings. The molecule has 0 aromatic heterocycles. The molecule has 1 N–H and O–H groups in total. The molecule has 154 valence electrons. The second kappa shape index (κ2) is 8.27. The van der Waals surface area contributed by atoms with E-state index < -0.39 is 28.4 Å². The van der Waals surface area contributed by atoms with Gasteiger partial charge in [0, 0.05) is 48.1 Å². The van der Waals surface area contributed by atoms with Gasteiger partial charge in [-0.05, 0) is 36.4 Å². The minimum atomic E-state index is -5.14. The fourth-order valence-electron chi connectivity index (χ4n) is 3.05. The summed E-state index contributed by atoms with van der Waals surface area (Å²) in [6, 6.07) is 11.6. The van der Waals surface area contributed by atoms with E-state index in [1.165, 1.54) is 12.1 Å². The van der Waals surface area contributed by atoms with Gasteiger partial charge in [-0.1, -0.05) is 15.9 Å². The summed E-state index contributed by atoms with van der Waals surface area (Å²) in [5.41, 5.74) is 0.475. The average Bonchev–Trinajstić information content (AvgIpc) is 2.68. The molecule has 0 aliphatic carbocycles. The van der Waals surface area contributed by atoms with Gasteiger partial charge in [0.1, 0.15) is 5.69 Å². The van der Waals surface area contributed by atoms with Crippen LogP contribution in [0.2, 0.25) is 0 Å². The van der Waals surface area contributed by atoms with Gasteiger partial charge in [0.15, 0.2) is 0 Å². The second-order valence-electron chi connectivity index (χ2n) is 6.36. The Hall–Kier alpha value is -2.82. The van der Waals surface area contributed by atoms with Crippen LogP contribution in [-0.4, -0.2) is 43.2 Å². The van der Waals surface area contributed by atoms with Gasteiger partial charge in [0.25, 0.3) is 5.69 Å². The van der Waals surface area contributed by atoms with Crippen LogP contribution in [0, 0.1) is 10.1 Å². The van der Waals surface area contributed by atoms with Crippen LogP contribution in [0.5, 0.6) is 0 Å². The van der Waals surface area contributed by atoms with Crippen LogP contribution >= 0.6 is 15.9 Å². The van der Waals surface area contributed by atoms with Crippen molar-refractivity contribution in [2.75, 3.05) is 41.3 Å².